The van der Waals surface area contributed by atoms with Gasteiger partial charge in [0.25, 0.3) is 5.91 Å². The molecule has 0 heterocycles. The monoisotopic (exact) mass is 412 g/mol. The van der Waals surface area contributed by atoms with Crippen molar-refractivity contribution in [3.05, 3.63) is 59.7 Å². The van der Waals surface area contributed by atoms with Gasteiger partial charge in [-0.1, -0.05) is 12.1 Å². The summed E-state index contributed by atoms with van der Waals surface area (Å²) in [5.74, 6) is 0.630. The zero-order chi connectivity index (χ0) is 22.3. The van der Waals surface area contributed by atoms with Crippen LogP contribution in [0.3, 0.4) is 0 Å². The summed E-state index contributed by atoms with van der Waals surface area (Å²) in [5.41, 5.74) is 1.90. The first-order valence-corrected chi connectivity index (χ1v) is 9.87. The highest BCUT2D eigenvalue weighted by molar-refractivity contribution is 5.95. The Kier molecular flexibility index (Phi) is 7.83. The highest BCUT2D eigenvalue weighted by atomic mass is 16.5. The second-order valence-electron chi connectivity index (χ2n) is 8.37. The highest BCUT2D eigenvalue weighted by Crippen LogP contribution is 2.22. The van der Waals surface area contributed by atoms with E-state index >= 15 is 0 Å². The lowest BCUT2D eigenvalue weighted by Crippen LogP contribution is -2.40. The Labute approximate surface area is 178 Å². The number of nitrogens with zero attached hydrogens (tertiary/aromatic N) is 1. The Morgan fingerprint density at radius 1 is 1.07 bits per heavy atom. The van der Waals surface area contributed by atoms with Gasteiger partial charge in [0.1, 0.15) is 5.75 Å². The number of hydrogen-bond acceptors (Lipinski definition) is 4. The van der Waals surface area contributed by atoms with Crippen molar-refractivity contribution >= 4 is 17.6 Å². The molecule has 162 valence electrons. The minimum absolute atomic E-state index is 0.00526. The molecule has 0 radical (unpaired) electrons. The molecule has 0 aromatic heterocycles. The number of benzene rings is 2. The van der Waals surface area contributed by atoms with Crippen molar-refractivity contribution < 1.29 is 14.3 Å². The highest BCUT2D eigenvalue weighted by Gasteiger charge is 2.17. The van der Waals surface area contributed by atoms with Gasteiger partial charge in [0.15, 0.2) is 0 Å². The van der Waals surface area contributed by atoms with Gasteiger partial charge in [-0.2, -0.15) is 0 Å². The van der Waals surface area contributed by atoms with Gasteiger partial charge in [-0.05, 0) is 76.8 Å². The quantitative estimate of drug-likeness (QED) is 0.648. The molecule has 0 fully saturated rings. The number of methoxy groups -OCH3 is 1. The van der Waals surface area contributed by atoms with Gasteiger partial charge in [-0.15, -0.1) is 0 Å². The molecular formula is C23H32N4O3. The van der Waals surface area contributed by atoms with Crippen molar-refractivity contribution in [2.24, 2.45) is 0 Å². The summed E-state index contributed by atoms with van der Waals surface area (Å²) in [6.07, 6.45) is 0. The second kappa shape index (κ2) is 10.1. The fourth-order valence-electron chi connectivity index (χ4n) is 2.93. The van der Waals surface area contributed by atoms with E-state index in [1.807, 2.05) is 64.0 Å². The molecule has 7 heteroatoms. The predicted molar refractivity (Wildman–Crippen MR) is 120 cm³/mol. The van der Waals surface area contributed by atoms with Gasteiger partial charge < -0.3 is 25.6 Å². The van der Waals surface area contributed by atoms with Crippen LogP contribution in [0.15, 0.2) is 48.5 Å². The van der Waals surface area contributed by atoms with Gasteiger partial charge in [0.2, 0.25) is 0 Å². The fourth-order valence-corrected chi connectivity index (χ4v) is 2.93. The first-order chi connectivity index (χ1) is 14.1. The zero-order valence-electron chi connectivity index (χ0n) is 18.6. The maximum atomic E-state index is 12.4. The van der Waals surface area contributed by atoms with E-state index in [4.69, 9.17) is 4.74 Å². The third-order valence-electron chi connectivity index (χ3n) is 4.45. The maximum Gasteiger partial charge on any atom is 0.319 e. The number of amides is 3. The van der Waals surface area contributed by atoms with E-state index in [-0.39, 0.29) is 23.5 Å². The first-order valence-electron chi connectivity index (χ1n) is 9.87. The Bertz CT molecular complexity index is 857. The third-order valence-corrected chi connectivity index (χ3v) is 4.45. The standard InChI is InChI=1S/C23H32N4O3/c1-23(2,3)26-21(28)16-10-12-18(13-11-16)25-22(29)24-15-20(27(4)5)17-8-7-9-19(14-17)30-6/h7-14,20H,15H2,1-6H3,(H,26,28)(H2,24,25,29). The number of carbonyl (C=O) groups is 2. The van der Waals surface area contributed by atoms with Crippen LogP contribution in [0.5, 0.6) is 5.75 Å². The SMILES string of the molecule is COc1cccc(C(CNC(=O)Nc2ccc(C(=O)NC(C)(C)C)cc2)N(C)C)c1. The Morgan fingerprint density at radius 3 is 2.30 bits per heavy atom. The van der Waals surface area contributed by atoms with Crippen molar-refractivity contribution in [3.63, 3.8) is 0 Å². The van der Waals surface area contributed by atoms with Gasteiger partial charge in [0, 0.05) is 23.3 Å². The minimum atomic E-state index is -0.309. The summed E-state index contributed by atoms with van der Waals surface area (Å²) < 4.78 is 5.30. The van der Waals surface area contributed by atoms with Gasteiger partial charge in [-0.3, -0.25) is 4.79 Å². The molecule has 0 bridgehead atoms. The molecule has 30 heavy (non-hydrogen) atoms. The minimum Gasteiger partial charge on any atom is -0.497 e. The van der Waals surface area contributed by atoms with Crippen molar-refractivity contribution in [2.45, 2.75) is 32.4 Å². The molecule has 0 aliphatic heterocycles. The normalized spacial score (nSPS) is 12.2. The Balaban J connectivity index is 1.95. The summed E-state index contributed by atoms with van der Waals surface area (Å²) in [4.78, 5) is 26.6. The number of anilines is 1. The van der Waals surface area contributed by atoms with Gasteiger partial charge >= 0.3 is 6.03 Å². The molecule has 2 aromatic rings. The van der Waals surface area contributed by atoms with Crippen LogP contribution in [0.2, 0.25) is 0 Å². The third kappa shape index (κ3) is 7.08. The van der Waals surface area contributed by atoms with E-state index in [0.717, 1.165) is 11.3 Å². The predicted octanol–water partition coefficient (Wildman–Crippen LogP) is 3.65. The van der Waals surface area contributed by atoms with Crippen molar-refractivity contribution in [2.75, 3.05) is 33.1 Å². The molecule has 2 aromatic carbocycles. The topological polar surface area (TPSA) is 82.7 Å². The van der Waals surface area contributed by atoms with E-state index < -0.39 is 0 Å². The number of nitrogens with one attached hydrogen (secondary N) is 3. The van der Waals surface area contributed by atoms with Crippen LogP contribution in [0.1, 0.15) is 42.7 Å². The first kappa shape index (κ1) is 23.2. The molecule has 1 atom stereocenters. The van der Waals surface area contributed by atoms with Gasteiger partial charge in [-0.25, -0.2) is 4.79 Å². The molecule has 0 aliphatic carbocycles. The molecule has 3 amide bonds. The van der Waals surface area contributed by atoms with E-state index in [1.54, 1.807) is 31.4 Å². The molecular weight excluding hydrogens is 380 g/mol. The molecule has 0 aliphatic rings. The Morgan fingerprint density at radius 2 is 1.73 bits per heavy atom. The number of ether oxygens (including phenoxy) is 1. The average molecular weight is 413 g/mol. The Hall–Kier alpha value is -3.06. The van der Waals surface area contributed by atoms with Crippen LogP contribution < -0.4 is 20.7 Å². The molecule has 2 rings (SSSR count). The maximum absolute atomic E-state index is 12.4. The molecule has 0 spiro atoms. The lowest BCUT2D eigenvalue weighted by atomic mass is 10.1. The van der Waals surface area contributed by atoms with Crippen LogP contribution in [0.4, 0.5) is 10.5 Å². The van der Waals surface area contributed by atoms with Crippen molar-refractivity contribution in [1.29, 1.82) is 0 Å². The van der Waals surface area contributed by atoms with Crippen LogP contribution in [-0.2, 0) is 0 Å². The molecule has 1 unspecified atom stereocenters. The molecule has 0 saturated heterocycles. The van der Waals surface area contributed by atoms with Crippen LogP contribution >= 0.6 is 0 Å². The van der Waals surface area contributed by atoms with Crippen LogP contribution in [-0.4, -0.2) is 50.1 Å². The van der Waals surface area contributed by atoms with Crippen molar-refractivity contribution in [1.82, 2.24) is 15.5 Å². The molecule has 0 saturated carbocycles. The average Bonchev–Trinajstić information content (AvgIpc) is 2.67. The van der Waals surface area contributed by atoms with Crippen molar-refractivity contribution in [3.8, 4) is 5.75 Å². The number of likely N-dealkylation sites (N-methyl/N-ethyl adjacent to an activating group) is 1. The summed E-state index contributed by atoms with van der Waals surface area (Å²) in [6.45, 7) is 6.21. The van der Waals surface area contributed by atoms with Crippen LogP contribution in [0, 0.1) is 0 Å². The lowest BCUT2D eigenvalue weighted by Gasteiger charge is -2.25. The molecule has 3 N–H and O–H groups in total. The number of urea groups is 1. The largest absolute Gasteiger partial charge is 0.497 e. The zero-order valence-corrected chi connectivity index (χ0v) is 18.6. The number of rotatable bonds is 7. The molecule has 7 nitrogen and oxygen atoms in total. The number of carbonyl (C=O) groups excluding carboxylic acids is 2. The summed E-state index contributed by atoms with van der Waals surface area (Å²) in [5, 5.41) is 8.62. The summed E-state index contributed by atoms with van der Waals surface area (Å²) in [6, 6.07) is 14.3. The fraction of sp³-hybridized carbons (Fsp3) is 0.391. The lowest BCUT2D eigenvalue weighted by molar-refractivity contribution is 0.0919. The van der Waals surface area contributed by atoms with Gasteiger partial charge in [0.05, 0.1) is 13.2 Å². The van der Waals surface area contributed by atoms with E-state index in [2.05, 4.69) is 16.0 Å². The van der Waals surface area contributed by atoms with E-state index in [0.29, 0.717) is 17.8 Å². The summed E-state index contributed by atoms with van der Waals surface area (Å²) in [7, 11) is 5.56. The van der Waals surface area contributed by atoms with E-state index in [1.165, 1.54) is 0 Å². The van der Waals surface area contributed by atoms with E-state index in [9.17, 15) is 9.59 Å². The second-order valence-corrected chi connectivity index (χ2v) is 8.37. The smallest absolute Gasteiger partial charge is 0.319 e. The van der Waals surface area contributed by atoms with Crippen LogP contribution in [0.25, 0.3) is 0 Å². The summed E-state index contributed by atoms with van der Waals surface area (Å²) >= 11 is 0. The number of hydrogen-bond donors (Lipinski definition) is 3.